The Bertz CT molecular complexity index is 1290. The summed E-state index contributed by atoms with van der Waals surface area (Å²) in [5.41, 5.74) is 5.86. The fourth-order valence-electron chi connectivity index (χ4n) is 3.08. The zero-order chi connectivity index (χ0) is 20.5. The maximum atomic E-state index is 13.2. The minimum absolute atomic E-state index is 0.234. The molecule has 0 saturated heterocycles. The minimum atomic E-state index is -0.533. The molecule has 4 rings (SSSR count). The molecule has 0 radical (unpaired) electrons. The summed E-state index contributed by atoms with van der Waals surface area (Å²) in [5.74, 6) is -0.650. The molecule has 0 fully saturated rings. The predicted molar refractivity (Wildman–Crippen MR) is 111 cm³/mol. The van der Waals surface area contributed by atoms with Crippen molar-refractivity contribution < 1.29 is 9.18 Å². The Morgan fingerprint density at radius 3 is 2.41 bits per heavy atom. The number of nitrogens with one attached hydrogen (secondary N) is 1. The van der Waals surface area contributed by atoms with Crippen molar-refractivity contribution in [2.24, 2.45) is 0 Å². The molecule has 5 nitrogen and oxygen atoms in total. The van der Waals surface area contributed by atoms with Gasteiger partial charge in [0.05, 0.1) is 10.9 Å². The first-order valence-electron chi connectivity index (χ1n) is 9.10. The van der Waals surface area contributed by atoms with E-state index in [-0.39, 0.29) is 11.1 Å². The van der Waals surface area contributed by atoms with Crippen molar-refractivity contribution in [3.63, 3.8) is 0 Å². The first-order valence-corrected chi connectivity index (χ1v) is 9.10. The van der Waals surface area contributed by atoms with Gasteiger partial charge >= 0.3 is 0 Å². The lowest BCUT2D eigenvalue weighted by Gasteiger charge is -2.15. The molecule has 0 aliphatic rings. The number of para-hydroxylation sites is 1. The van der Waals surface area contributed by atoms with Crippen LogP contribution in [0.2, 0.25) is 0 Å². The molecule has 1 amide bonds. The molecule has 4 aromatic rings. The Hall–Kier alpha value is -3.80. The largest absolute Gasteiger partial charge is 0.280 e. The van der Waals surface area contributed by atoms with Crippen molar-refractivity contribution in [1.82, 2.24) is 9.66 Å². The van der Waals surface area contributed by atoms with E-state index in [9.17, 15) is 14.0 Å². The van der Waals surface area contributed by atoms with Gasteiger partial charge in [-0.2, -0.15) is 4.68 Å². The summed E-state index contributed by atoms with van der Waals surface area (Å²) < 4.78 is 14.3. The molecular weight excluding hydrogens is 369 g/mol. The van der Waals surface area contributed by atoms with E-state index in [0.717, 1.165) is 15.8 Å². The Morgan fingerprint density at radius 2 is 1.69 bits per heavy atom. The summed E-state index contributed by atoms with van der Waals surface area (Å²) in [5, 5.41) is 0.388. The average molecular weight is 387 g/mol. The van der Waals surface area contributed by atoms with Crippen molar-refractivity contribution in [3.8, 4) is 11.4 Å². The Labute approximate surface area is 166 Å². The first-order chi connectivity index (χ1) is 13.9. The van der Waals surface area contributed by atoms with Crippen LogP contribution in [-0.2, 0) is 0 Å². The summed E-state index contributed by atoms with van der Waals surface area (Å²) in [6.45, 7) is 3.97. The van der Waals surface area contributed by atoms with Gasteiger partial charge in [-0.1, -0.05) is 24.3 Å². The summed E-state index contributed by atoms with van der Waals surface area (Å²) in [4.78, 5) is 30.5. The quantitative estimate of drug-likeness (QED) is 0.573. The van der Waals surface area contributed by atoms with Crippen molar-refractivity contribution in [1.29, 1.82) is 0 Å². The number of hydrogen-bond donors (Lipinski definition) is 1. The SMILES string of the molecule is Cc1ccc(-c2nc3ccccc3c(=O)n2NC(=O)c2ccc(F)cc2)cc1C. The van der Waals surface area contributed by atoms with E-state index in [0.29, 0.717) is 22.3 Å². The van der Waals surface area contributed by atoms with E-state index in [2.05, 4.69) is 10.4 Å². The van der Waals surface area contributed by atoms with Crippen LogP contribution in [0.1, 0.15) is 21.5 Å². The van der Waals surface area contributed by atoms with Crippen LogP contribution < -0.4 is 11.0 Å². The van der Waals surface area contributed by atoms with Crippen molar-refractivity contribution in [3.05, 3.63) is 99.6 Å². The number of aromatic nitrogens is 2. The molecule has 3 aromatic carbocycles. The van der Waals surface area contributed by atoms with Crippen molar-refractivity contribution in [2.75, 3.05) is 5.43 Å². The lowest BCUT2D eigenvalue weighted by Crippen LogP contribution is -2.35. The summed E-state index contributed by atoms with van der Waals surface area (Å²) in [6, 6.07) is 17.8. The Kier molecular flexibility index (Phi) is 4.68. The molecule has 1 N–H and O–H groups in total. The van der Waals surface area contributed by atoms with Crippen LogP contribution in [0.4, 0.5) is 4.39 Å². The fraction of sp³-hybridized carbons (Fsp3) is 0.0870. The molecule has 6 heteroatoms. The van der Waals surface area contributed by atoms with Gasteiger partial charge in [-0.15, -0.1) is 0 Å². The number of halogens is 1. The highest BCUT2D eigenvalue weighted by Crippen LogP contribution is 2.21. The van der Waals surface area contributed by atoms with Crippen LogP contribution in [0, 0.1) is 19.7 Å². The Morgan fingerprint density at radius 1 is 0.966 bits per heavy atom. The van der Waals surface area contributed by atoms with Crippen molar-refractivity contribution >= 4 is 16.8 Å². The van der Waals surface area contributed by atoms with E-state index < -0.39 is 11.7 Å². The normalized spacial score (nSPS) is 10.9. The maximum absolute atomic E-state index is 13.2. The number of amides is 1. The number of benzene rings is 3. The number of carbonyl (C=O) groups is 1. The lowest BCUT2D eigenvalue weighted by atomic mass is 10.1. The topological polar surface area (TPSA) is 64.0 Å². The van der Waals surface area contributed by atoms with Crippen LogP contribution in [0.25, 0.3) is 22.3 Å². The number of aryl methyl sites for hydroxylation is 2. The van der Waals surface area contributed by atoms with Gasteiger partial charge in [0.2, 0.25) is 0 Å². The average Bonchev–Trinajstić information content (AvgIpc) is 2.72. The van der Waals surface area contributed by atoms with Gasteiger partial charge in [0.15, 0.2) is 5.82 Å². The molecular formula is C23H18FN3O2. The molecule has 0 spiro atoms. The van der Waals surface area contributed by atoms with Gasteiger partial charge in [0.1, 0.15) is 5.82 Å². The standard InChI is InChI=1S/C23H18FN3O2/c1-14-7-8-17(13-15(14)2)21-25-20-6-4-3-5-19(20)23(29)27(21)26-22(28)16-9-11-18(24)12-10-16/h3-13H,1-2H3,(H,26,28). The second-order valence-corrected chi connectivity index (χ2v) is 6.84. The summed E-state index contributed by atoms with van der Waals surface area (Å²) >= 11 is 0. The third kappa shape index (κ3) is 3.52. The third-order valence-electron chi connectivity index (χ3n) is 4.86. The molecule has 1 heterocycles. The number of fused-ring (bicyclic) bond motifs is 1. The lowest BCUT2D eigenvalue weighted by molar-refractivity contribution is 0.101. The van der Waals surface area contributed by atoms with Crippen LogP contribution >= 0.6 is 0 Å². The minimum Gasteiger partial charge on any atom is -0.267 e. The van der Waals surface area contributed by atoms with Crippen molar-refractivity contribution in [2.45, 2.75) is 13.8 Å². The smallest absolute Gasteiger partial charge is 0.267 e. The van der Waals surface area contributed by atoms with Gasteiger partial charge in [-0.05, 0) is 67.4 Å². The Balaban J connectivity index is 1.89. The fourth-order valence-corrected chi connectivity index (χ4v) is 3.08. The van der Waals surface area contributed by atoms with Gasteiger partial charge in [-0.3, -0.25) is 15.0 Å². The number of nitrogens with zero attached hydrogens (tertiary/aromatic N) is 2. The van der Waals surface area contributed by atoms with Gasteiger partial charge < -0.3 is 0 Å². The van der Waals surface area contributed by atoms with Crippen LogP contribution in [-0.4, -0.2) is 15.6 Å². The highest BCUT2D eigenvalue weighted by Gasteiger charge is 2.16. The maximum Gasteiger partial charge on any atom is 0.280 e. The molecule has 144 valence electrons. The van der Waals surface area contributed by atoms with E-state index in [1.54, 1.807) is 24.3 Å². The highest BCUT2D eigenvalue weighted by molar-refractivity contribution is 6.00. The molecule has 29 heavy (non-hydrogen) atoms. The van der Waals surface area contributed by atoms with Gasteiger partial charge in [-0.25, -0.2) is 9.37 Å². The zero-order valence-corrected chi connectivity index (χ0v) is 15.9. The first kappa shape index (κ1) is 18.6. The monoisotopic (exact) mass is 387 g/mol. The molecule has 0 aliphatic heterocycles. The van der Waals surface area contributed by atoms with E-state index >= 15 is 0 Å². The molecule has 0 saturated carbocycles. The van der Waals surface area contributed by atoms with Crippen LogP contribution in [0.5, 0.6) is 0 Å². The number of rotatable bonds is 3. The summed E-state index contributed by atoms with van der Waals surface area (Å²) in [7, 11) is 0. The molecule has 0 bridgehead atoms. The van der Waals surface area contributed by atoms with E-state index in [1.165, 1.54) is 24.3 Å². The zero-order valence-electron chi connectivity index (χ0n) is 15.9. The molecule has 0 aliphatic carbocycles. The van der Waals surface area contributed by atoms with Gasteiger partial charge in [0.25, 0.3) is 11.5 Å². The molecule has 1 aromatic heterocycles. The second kappa shape index (κ2) is 7.31. The number of carbonyl (C=O) groups excluding carboxylic acids is 1. The van der Waals surface area contributed by atoms with E-state index in [1.807, 2.05) is 32.0 Å². The van der Waals surface area contributed by atoms with E-state index in [4.69, 9.17) is 0 Å². The van der Waals surface area contributed by atoms with Crippen LogP contribution in [0.3, 0.4) is 0 Å². The predicted octanol–water partition coefficient (Wildman–Crippen LogP) is 4.20. The van der Waals surface area contributed by atoms with Gasteiger partial charge in [0, 0.05) is 11.1 Å². The summed E-state index contributed by atoms with van der Waals surface area (Å²) in [6.07, 6.45) is 0. The second-order valence-electron chi connectivity index (χ2n) is 6.84. The molecule has 0 atom stereocenters. The highest BCUT2D eigenvalue weighted by atomic mass is 19.1. The number of hydrogen-bond acceptors (Lipinski definition) is 3. The third-order valence-corrected chi connectivity index (χ3v) is 4.86. The van der Waals surface area contributed by atoms with Crippen LogP contribution in [0.15, 0.2) is 71.5 Å². The molecule has 0 unspecified atom stereocenters.